The first-order valence-corrected chi connectivity index (χ1v) is 7.63. The van der Waals surface area contributed by atoms with E-state index in [2.05, 4.69) is 9.34 Å². The van der Waals surface area contributed by atoms with E-state index in [0.717, 1.165) is 22.9 Å². The Morgan fingerprint density at radius 3 is 2.79 bits per heavy atom. The number of para-hydroxylation sites is 1. The van der Waals surface area contributed by atoms with Crippen molar-refractivity contribution >= 4 is 21.1 Å². The lowest BCUT2D eigenvalue weighted by molar-refractivity contribution is 0.104. The summed E-state index contributed by atoms with van der Waals surface area (Å²) in [5, 5.41) is 4.94. The van der Waals surface area contributed by atoms with E-state index in [4.69, 9.17) is 9.26 Å². The average molecular weight is 285 g/mol. The van der Waals surface area contributed by atoms with Crippen molar-refractivity contribution in [2.45, 2.75) is 6.42 Å². The maximum absolute atomic E-state index is 10.7. The predicted molar refractivity (Wildman–Crippen MR) is 69.3 cm³/mol. The molecule has 0 atom stereocenters. The zero-order chi connectivity index (χ0) is 13.7. The molecule has 19 heavy (non-hydrogen) atoms. The zero-order valence-corrected chi connectivity index (χ0v) is 11.4. The van der Waals surface area contributed by atoms with Gasteiger partial charge in [-0.3, -0.25) is 4.18 Å². The van der Waals surface area contributed by atoms with E-state index >= 15 is 0 Å². The van der Waals surface area contributed by atoms with Gasteiger partial charge >= 0.3 is 0 Å². The zero-order valence-electron chi connectivity index (χ0n) is 10.5. The van der Waals surface area contributed by atoms with Crippen LogP contribution in [0, 0.1) is 0 Å². The van der Waals surface area contributed by atoms with E-state index in [1.54, 1.807) is 0 Å². The molecule has 1 aromatic carbocycles. The van der Waals surface area contributed by atoms with Crippen LogP contribution in [-0.2, 0) is 25.5 Å². The van der Waals surface area contributed by atoms with Gasteiger partial charge in [0.2, 0.25) is 0 Å². The standard InChI is InChI=1S/C12H15NO5S/c1-19(14,15)17-9-8-16-7-6-11-10-4-2-3-5-12(10)18-13-11/h2-5H,6-9H2,1H3. The maximum atomic E-state index is 10.7. The summed E-state index contributed by atoms with van der Waals surface area (Å²) in [5.74, 6) is 0. The SMILES string of the molecule is CS(=O)(=O)OCCOCCc1noc2ccccc12. The van der Waals surface area contributed by atoms with Crippen LogP contribution in [0.5, 0.6) is 0 Å². The number of aromatic nitrogens is 1. The lowest BCUT2D eigenvalue weighted by atomic mass is 10.2. The molecule has 0 saturated heterocycles. The van der Waals surface area contributed by atoms with Crippen molar-refractivity contribution in [1.82, 2.24) is 5.16 Å². The van der Waals surface area contributed by atoms with Gasteiger partial charge in [0.15, 0.2) is 5.58 Å². The van der Waals surface area contributed by atoms with E-state index < -0.39 is 10.1 Å². The van der Waals surface area contributed by atoms with Gasteiger partial charge < -0.3 is 9.26 Å². The average Bonchev–Trinajstić information content (AvgIpc) is 2.76. The van der Waals surface area contributed by atoms with Crippen molar-refractivity contribution in [2.24, 2.45) is 0 Å². The molecule has 0 N–H and O–H groups in total. The Morgan fingerprint density at radius 1 is 1.21 bits per heavy atom. The summed E-state index contributed by atoms with van der Waals surface area (Å²) >= 11 is 0. The summed E-state index contributed by atoms with van der Waals surface area (Å²) in [4.78, 5) is 0. The fourth-order valence-electron chi connectivity index (χ4n) is 1.63. The molecule has 0 unspecified atom stereocenters. The Labute approximate surface area is 111 Å². The van der Waals surface area contributed by atoms with E-state index in [9.17, 15) is 8.42 Å². The molecule has 0 fully saturated rings. The van der Waals surface area contributed by atoms with Crippen LogP contribution in [0.4, 0.5) is 0 Å². The molecule has 0 radical (unpaired) electrons. The molecule has 1 aromatic heterocycles. The quantitative estimate of drug-likeness (QED) is 0.564. The molecule has 2 rings (SSSR count). The Hall–Kier alpha value is -1.44. The van der Waals surface area contributed by atoms with Gasteiger partial charge in [-0.25, -0.2) is 0 Å². The monoisotopic (exact) mass is 285 g/mol. The minimum atomic E-state index is -3.39. The summed E-state index contributed by atoms with van der Waals surface area (Å²) in [6, 6.07) is 7.60. The van der Waals surface area contributed by atoms with Crippen LogP contribution < -0.4 is 0 Å². The van der Waals surface area contributed by atoms with Gasteiger partial charge in [0, 0.05) is 11.8 Å². The van der Waals surface area contributed by atoms with Crippen molar-refractivity contribution in [1.29, 1.82) is 0 Å². The molecule has 6 nitrogen and oxygen atoms in total. The van der Waals surface area contributed by atoms with Crippen molar-refractivity contribution in [3.8, 4) is 0 Å². The summed E-state index contributed by atoms with van der Waals surface area (Å²) in [7, 11) is -3.39. The highest BCUT2D eigenvalue weighted by Crippen LogP contribution is 2.17. The van der Waals surface area contributed by atoms with Crippen molar-refractivity contribution in [3.63, 3.8) is 0 Å². The van der Waals surface area contributed by atoms with Gasteiger partial charge in [0.05, 0.1) is 31.8 Å². The Balaban J connectivity index is 1.74. The van der Waals surface area contributed by atoms with Crippen LogP contribution in [0.25, 0.3) is 11.0 Å². The number of rotatable bonds is 7. The molecule has 0 aliphatic rings. The van der Waals surface area contributed by atoms with Gasteiger partial charge in [-0.1, -0.05) is 17.3 Å². The molecule has 0 bridgehead atoms. The Morgan fingerprint density at radius 2 is 2.00 bits per heavy atom. The number of hydrogen-bond acceptors (Lipinski definition) is 6. The van der Waals surface area contributed by atoms with Gasteiger partial charge in [0.25, 0.3) is 10.1 Å². The third-order valence-electron chi connectivity index (χ3n) is 2.46. The lowest BCUT2D eigenvalue weighted by Gasteiger charge is -2.02. The van der Waals surface area contributed by atoms with Crippen molar-refractivity contribution < 1.29 is 21.9 Å². The van der Waals surface area contributed by atoms with Gasteiger partial charge in [-0.2, -0.15) is 8.42 Å². The lowest BCUT2D eigenvalue weighted by Crippen LogP contribution is -2.10. The molecule has 0 spiro atoms. The van der Waals surface area contributed by atoms with E-state index in [-0.39, 0.29) is 13.2 Å². The van der Waals surface area contributed by atoms with Crippen LogP contribution in [0.1, 0.15) is 5.69 Å². The van der Waals surface area contributed by atoms with Crippen LogP contribution in [-0.4, -0.2) is 39.7 Å². The molecule has 0 saturated carbocycles. The number of nitrogens with zero attached hydrogens (tertiary/aromatic N) is 1. The van der Waals surface area contributed by atoms with Crippen LogP contribution in [0.3, 0.4) is 0 Å². The fraction of sp³-hybridized carbons (Fsp3) is 0.417. The highest BCUT2D eigenvalue weighted by molar-refractivity contribution is 7.85. The molecule has 0 aliphatic carbocycles. The molecule has 104 valence electrons. The highest BCUT2D eigenvalue weighted by Gasteiger charge is 2.07. The number of benzene rings is 1. The largest absolute Gasteiger partial charge is 0.379 e. The first-order chi connectivity index (χ1) is 9.06. The third kappa shape index (κ3) is 4.30. The molecule has 1 heterocycles. The topological polar surface area (TPSA) is 78.6 Å². The molecule has 0 aliphatic heterocycles. The normalized spacial score (nSPS) is 12.1. The number of hydrogen-bond donors (Lipinski definition) is 0. The van der Waals surface area contributed by atoms with Crippen LogP contribution in [0.15, 0.2) is 28.8 Å². The van der Waals surface area contributed by atoms with Crippen LogP contribution >= 0.6 is 0 Å². The van der Waals surface area contributed by atoms with E-state index in [1.807, 2.05) is 24.3 Å². The predicted octanol–water partition coefficient (Wildman–Crippen LogP) is 1.36. The third-order valence-corrected chi connectivity index (χ3v) is 3.06. The minimum Gasteiger partial charge on any atom is -0.379 e. The summed E-state index contributed by atoms with van der Waals surface area (Å²) < 4.78 is 36.4. The van der Waals surface area contributed by atoms with Gasteiger partial charge in [-0.15, -0.1) is 0 Å². The maximum Gasteiger partial charge on any atom is 0.264 e. The van der Waals surface area contributed by atoms with E-state index in [0.29, 0.717) is 13.0 Å². The second kappa shape index (κ2) is 6.14. The second-order valence-electron chi connectivity index (χ2n) is 4.01. The summed E-state index contributed by atoms with van der Waals surface area (Å²) in [5.41, 5.74) is 1.58. The Bertz CT molecular complexity index is 634. The van der Waals surface area contributed by atoms with Crippen LogP contribution in [0.2, 0.25) is 0 Å². The van der Waals surface area contributed by atoms with Gasteiger partial charge in [-0.05, 0) is 12.1 Å². The van der Waals surface area contributed by atoms with Crippen molar-refractivity contribution in [2.75, 3.05) is 26.1 Å². The Kier molecular flexibility index (Phi) is 4.52. The molecule has 7 heteroatoms. The fourth-order valence-corrected chi connectivity index (χ4v) is 2.00. The first kappa shape index (κ1) is 14.0. The van der Waals surface area contributed by atoms with Gasteiger partial charge in [0.1, 0.15) is 0 Å². The smallest absolute Gasteiger partial charge is 0.264 e. The molecular formula is C12H15NO5S. The first-order valence-electron chi connectivity index (χ1n) is 5.82. The van der Waals surface area contributed by atoms with E-state index in [1.165, 1.54) is 0 Å². The summed E-state index contributed by atoms with van der Waals surface area (Å²) in [6.45, 7) is 0.685. The minimum absolute atomic E-state index is 0.0262. The molecule has 0 amide bonds. The summed E-state index contributed by atoms with van der Waals surface area (Å²) in [6.07, 6.45) is 1.62. The number of fused-ring (bicyclic) bond motifs is 1. The highest BCUT2D eigenvalue weighted by atomic mass is 32.2. The molecule has 2 aromatic rings. The van der Waals surface area contributed by atoms with Crippen molar-refractivity contribution in [3.05, 3.63) is 30.0 Å². The number of ether oxygens (including phenoxy) is 1. The molecular weight excluding hydrogens is 270 g/mol. The second-order valence-corrected chi connectivity index (χ2v) is 5.66.